The van der Waals surface area contributed by atoms with Gasteiger partial charge in [0.2, 0.25) is 0 Å². The first-order valence-electron chi connectivity index (χ1n) is 8.87. The van der Waals surface area contributed by atoms with Crippen LogP contribution in [0.5, 0.6) is 0 Å². The molecule has 1 fully saturated rings. The summed E-state index contributed by atoms with van der Waals surface area (Å²) < 4.78 is 6.48. The average molecular weight is 376 g/mol. The largest absolute Gasteiger partial charge is 0.480 e. The molecule has 1 unspecified atom stereocenters. The molecule has 0 aromatic heterocycles. The van der Waals surface area contributed by atoms with Crippen molar-refractivity contribution in [2.45, 2.75) is 38.0 Å². The van der Waals surface area contributed by atoms with Crippen molar-refractivity contribution in [3.05, 3.63) is 71.8 Å². The molecule has 0 aliphatic carbocycles. The Labute approximate surface area is 161 Å². The van der Waals surface area contributed by atoms with Crippen molar-refractivity contribution >= 4 is 18.4 Å². The van der Waals surface area contributed by atoms with E-state index < -0.39 is 12.0 Å². The van der Waals surface area contributed by atoms with Crippen molar-refractivity contribution in [1.82, 2.24) is 4.90 Å². The van der Waals surface area contributed by atoms with Crippen LogP contribution in [0, 0.1) is 0 Å². The number of carboxylic acid groups (broad SMARTS) is 1. The van der Waals surface area contributed by atoms with E-state index in [4.69, 9.17) is 4.74 Å². The summed E-state index contributed by atoms with van der Waals surface area (Å²) in [5.41, 5.74) is 2.30. The molecule has 5 heteroatoms. The van der Waals surface area contributed by atoms with Gasteiger partial charge in [-0.2, -0.15) is 0 Å². The van der Waals surface area contributed by atoms with Crippen LogP contribution in [-0.4, -0.2) is 41.2 Å². The number of halogens is 1. The Hall–Kier alpha value is -1.88. The number of piperidine rings is 1. The molecule has 1 aliphatic rings. The third kappa shape index (κ3) is 5.07. The summed E-state index contributed by atoms with van der Waals surface area (Å²) in [6, 6.07) is 20.1. The Balaban J connectivity index is 0.00000243. The van der Waals surface area contributed by atoms with Gasteiger partial charge >= 0.3 is 5.97 Å². The lowest BCUT2D eigenvalue weighted by atomic mass is 10.00. The van der Waals surface area contributed by atoms with Crippen molar-refractivity contribution in [1.29, 1.82) is 0 Å². The van der Waals surface area contributed by atoms with Crippen molar-refractivity contribution in [2.75, 3.05) is 13.1 Å². The van der Waals surface area contributed by atoms with Gasteiger partial charge in [0.1, 0.15) is 12.1 Å². The molecular formula is C21H26ClNO3. The lowest BCUT2D eigenvalue weighted by Gasteiger charge is -2.36. The highest BCUT2D eigenvalue weighted by atomic mass is 35.5. The average Bonchev–Trinajstić information content (AvgIpc) is 2.67. The molecule has 0 saturated carbocycles. The lowest BCUT2D eigenvalue weighted by Crippen LogP contribution is -2.45. The normalized spacial score (nSPS) is 16.8. The zero-order chi connectivity index (χ0) is 17.6. The van der Waals surface area contributed by atoms with Crippen LogP contribution in [0.1, 0.15) is 37.0 Å². The summed E-state index contributed by atoms with van der Waals surface area (Å²) in [6.45, 7) is 3.27. The molecule has 1 heterocycles. The highest BCUT2D eigenvalue weighted by molar-refractivity contribution is 5.85. The van der Waals surface area contributed by atoms with Gasteiger partial charge in [-0.25, -0.2) is 0 Å². The lowest BCUT2D eigenvalue weighted by molar-refractivity contribution is -0.144. The summed E-state index contributed by atoms with van der Waals surface area (Å²) in [5, 5.41) is 9.17. The number of ether oxygens (including phenoxy) is 1. The first-order chi connectivity index (χ1) is 12.1. The summed E-state index contributed by atoms with van der Waals surface area (Å²) in [7, 11) is 0. The summed E-state index contributed by atoms with van der Waals surface area (Å²) in [4.78, 5) is 13.2. The maximum Gasteiger partial charge on any atom is 0.320 e. The van der Waals surface area contributed by atoms with Crippen LogP contribution in [-0.2, 0) is 9.53 Å². The van der Waals surface area contributed by atoms with Gasteiger partial charge in [-0.15, -0.1) is 12.4 Å². The molecule has 140 valence electrons. The van der Waals surface area contributed by atoms with Crippen LogP contribution in [0.15, 0.2) is 60.7 Å². The highest BCUT2D eigenvalue weighted by Gasteiger charge is 2.28. The molecule has 0 radical (unpaired) electrons. The van der Waals surface area contributed by atoms with Gasteiger partial charge in [-0.3, -0.25) is 9.69 Å². The van der Waals surface area contributed by atoms with E-state index in [2.05, 4.69) is 24.3 Å². The van der Waals surface area contributed by atoms with Crippen LogP contribution in [0.25, 0.3) is 0 Å². The number of likely N-dealkylation sites (tertiary alicyclic amines) is 1. The fraction of sp³-hybridized carbons (Fsp3) is 0.381. The van der Waals surface area contributed by atoms with Crippen LogP contribution in [0.2, 0.25) is 0 Å². The second kappa shape index (κ2) is 9.72. The molecule has 2 aromatic carbocycles. The van der Waals surface area contributed by atoms with Crippen molar-refractivity contribution in [3.8, 4) is 0 Å². The Kier molecular flexibility index (Phi) is 7.64. The van der Waals surface area contributed by atoms with Crippen molar-refractivity contribution in [2.24, 2.45) is 0 Å². The molecular weight excluding hydrogens is 350 g/mol. The summed E-state index contributed by atoms with van der Waals surface area (Å²) >= 11 is 0. The zero-order valence-electron chi connectivity index (χ0n) is 15.0. The molecule has 1 atom stereocenters. The van der Waals surface area contributed by atoms with Crippen molar-refractivity contribution in [3.63, 3.8) is 0 Å². The van der Waals surface area contributed by atoms with E-state index in [9.17, 15) is 9.90 Å². The summed E-state index contributed by atoms with van der Waals surface area (Å²) in [6.07, 6.45) is 1.76. The molecule has 0 spiro atoms. The maximum atomic E-state index is 11.2. The van der Waals surface area contributed by atoms with Gasteiger partial charge in [0.15, 0.2) is 0 Å². The van der Waals surface area contributed by atoms with Crippen molar-refractivity contribution < 1.29 is 14.6 Å². The van der Waals surface area contributed by atoms with E-state index >= 15 is 0 Å². The van der Waals surface area contributed by atoms with E-state index in [1.165, 1.54) is 0 Å². The number of carbonyl (C=O) groups is 1. The number of hydrogen-bond acceptors (Lipinski definition) is 3. The minimum atomic E-state index is -0.759. The fourth-order valence-corrected chi connectivity index (χ4v) is 3.35. The third-order valence-corrected chi connectivity index (χ3v) is 4.91. The fourth-order valence-electron chi connectivity index (χ4n) is 3.35. The van der Waals surface area contributed by atoms with E-state index in [1.54, 1.807) is 6.92 Å². The van der Waals surface area contributed by atoms with E-state index in [0.29, 0.717) is 0 Å². The van der Waals surface area contributed by atoms with Crippen LogP contribution in [0.3, 0.4) is 0 Å². The Morgan fingerprint density at radius 1 is 1.00 bits per heavy atom. The SMILES string of the molecule is CC(C(=O)O)N1CCC(OC(c2ccccc2)c2ccccc2)CC1.Cl. The Morgan fingerprint density at radius 2 is 1.46 bits per heavy atom. The molecule has 26 heavy (non-hydrogen) atoms. The number of rotatable bonds is 6. The van der Waals surface area contributed by atoms with E-state index in [0.717, 1.165) is 37.1 Å². The number of nitrogens with zero attached hydrogens (tertiary/aromatic N) is 1. The molecule has 1 N–H and O–H groups in total. The smallest absolute Gasteiger partial charge is 0.320 e. The van der Waals surface area contributed by atoms with Crippen LogP contribution < -0.4 is 0 Å². The first-order valence-corrected chi connectivity index (χ1v) is 8.87. The number of aliphatic carboxylic acids is 1. The standard InChI is InChI=1S/C21H25NO3.ClH/c1-16(21(23)24)22-14-12-19(13-15-22)25-20(17-8-4-2-5-9-17)18-10-6-3-7-11-18;/h2-11,16,19-20H,12-15H2,1H3,(H,23,24);1H. The van der Waals surface area contributed by atoms with Gasteiger partial charge in [0.05, 0.1) is 6.10 Å². The molecule has 4 nitrogen and oxygen atoms in total. The molecule has 3 rings (SSSR count). The quantitative estimate of drug-likeness (QED) is 0.823. The Morgan fingerprint density at radius 3 is 1.88 bits per heavy atom. The molecule has 2 aromatic rings. The van der Waals surface area contributed by atoms with Gasteiger partial charge in [-0.05, 0) is 30.9 Å². The van der Waals surface area contributed by atoms with Gasteiger partial charge in [0.25, 0.3) is 0 Å². The van der Waals surface area contributed by atoms with Gasteiger partial charge in [-0.1, -0.05) is 60.7 Å². The van der Waals surface area contributed by atoms with Crippen LogP contribution >= 0.6 is 12.4 Å². The number of hydrogen-bond donors (Lipinski definition) is 1. The predicted molar refractivity (Wildman–Crippen MR) is 105 cm³/mol. The topological polar surface area (TPSA) is 49.8 Å². The Bertz CT molecular complexity index is 633. The highest BCUT2D eigenvalue weighted by Crippen LogP contribution is 2.30. The summed E-state index contributed by atoms with van der Waals surface area (Å²) in [5.74, 6) is -0.759. The molecule has 0 bridgehead atoms. The monoisotopic (exact) mass is 375 g/mol. The van der Waals surface area contributed by atoms with Crippen LogP contribution in [0.4, 0.5) is 0 Å². The first kappa shape index (κ1) is 20.4. The number of benzene rings is 2. The van der Waals surface area contributed by atoms with Gasteiger partial charge in [0, 0.05) is 13.1 Å². The zero-order valence-corrected chi connectivity index (χ0v) is 15.8. The van der Waals surface area contributed by atoms with E-state index in [1.807, 2.05) is 41.3 Å². The second-order valence-electron chi connectivity index (χ2n) is 6.59. The third-order valence-electron chi connectivity index (χ3n) is 4.91. The number of carboxylic acids is 1. The molecule has 1 saturated heterocycles. The van der Waals surface area contributed by atoms with Gasteiger partial charge < -0.3 is 9.84 Å². The molecule has 0 amide bonds. The minimum absolute atomic E-state index is 0. The predicted octanol–water partition coefficient (Wildman–Crippen LogP) is 4.15. The minimum Gasteiger partial charge on any atom is -0.480 e. The second-order valence-corrected chi connectivity index (χ2v) is 6.59. The maximum absolute atomic E-state index is 11.2. The molecule has 1 aliphatic heterocycles. The van der Waals surface area contributed by atoms with E-state index in [-0.39, 0.29) is 24.6 Å².